The molecule has 2 fully saturated rings. The highest BCUT2D eigenvalue weighted by Crippen LogP contribution is 2.37. The van der Waals surface area contributed by atoms with E-state index in [1.54, 1.807) is 16.4 Å². The van der Waals surface area contributed by atoms with Crippen molar-refractivity contribution in [2.24, 2.45) is 5.92 Å². The highest BCUT2D eigenvalue weighted by Gasteiger charge is 2.52. The molecule has 3 atom stereocenters. The van der Waals surface area contributed by atoms with E-state index in [1.165, 1.54) is 0 Å². The molecule has 0 saturated carbocycles. The molecule has 0 bridgehead atoms. The summed E-state index contributed by atoms with van der Waals surface area (Å²) in [5.41, 5.74) is 2.11. The number of Topliss-reactive ketones (excluding diaryl/α,β-unsaturated/α-hetero) is 1. The predicted octanol–water partition coefficient (Wildman–Crippen LogP) is 2.50. The number of hydrogen-bond acceptors (Lipinski definition) is 4. The van der Waals surface area contributed by atoms with Gasteiger partial charge in [0.15, 0.2) is 0 Å². The zero-order valence-corrected chi connectivity index (χ0v) is 17.1. The zero-order valence-electron chi connectivity index (χ0n) is 16.3. The van der Waals surface area contributed by atoms with Gasteiger partial charge in [-0.25, -0.2) is 8.42 Å². The molecule has 0 amide bonds. The van der Waals surface area contributed by atoms with Gasteiger partial charge < -0.3 is 4.90 Å². The second-order valence-corrected chi connectivity index (χ2v) is 9.83. The van der Waals surface area contributed by atoms with Crippen LogP contribution < -0.4 is 0 Å². The van der Waals surface area contributed by atoms with Gasteiger partial charge in [0.25, 0.3) is 0 Å². The molecule has 6 heteroatoms. The Morgan fingerprint density at radius 3 is 2.39 bits per heavy atom. The lowest BCUT2D eigenvalue weighted by atomic mass is 9.86. The molecule has 2 saturated heterocycles. The van der Waals surface area contributed by atoms with Crippen molar-refractivity contribution in [3.63, 3.8) is 0 Å². The summed E-state index contributed by atoms with van der Waals surface area (Å²) < 4.78 is 28.6. The van der Waals surface area contributed by atoms with Gasteiger partial charge in [-0.2, -0.15) is 4.31 Å². The molecule has 2 aromatic carbocycles. The number of nitrogens with zero attached hydrogens (tertiary/aromatic N) is 2. The molecular formula is C22H26N2O3S. The van der Waals surface area contributed by atoms with Crippen molar-refractivity contribution >= 4 is 15.8 Å². The summed E-state index contributed by atoms with van der Waals surface area (Å²) in [7, 11) is -1.67. The first-order valence-corrected chi connectivity index (χ1v) is 11.2. The standard InChI is InChI=1S/C22H26N2O3S/c1-16-8-10-18(11-9-16)28(26,27)24-15-19-21(25)12-13-23(2)22(19)20(24)14-17-6-4-3-5-7-17/h3-11,19-20,22H,12-15H2,1-2H3/t19-,20-,22+/m0/s1. The van der Waals surface area contributed by atoms with Gasteiger partial charge in [0.2, 0.25) is 10.0 Å². The van der Waals surface area contributed by atoms with Gasteiger partial charge in [-0.15, -0.1) is 0 Å². The Morgan fingerprint density at radius 2 is 1.71 bits per heavy atom. The lowest BCUT2D eigenvalue weighted by Gasteiger charge is -2.37. The summed E-state index contributed by atoms with van der Waals surface area (Å²) in [4.78, 5) is 15.1. The van der Waals surface area contributed by atoms with E-state index in [9.17, 15) is 13.2 Å². The number of likely N-dealkylation sites (tertiary alicyclic amines) is 1. The van der Waals surface area contributed by atoms with E-state index in [2.05, 4.69) is 4.90 Å². The van der Waals surface area contributed by atoms with Crippen LogP contribution in [0.1, 0.15) is 17.5 Å². The van der Waals surface area contributed by atoms with Crippen LogP contribution in [-0.4, -0.2) is 55.6 Å². The first-order chi connectivity index (χ1) is 13.4. The van der Waals surface area contributed by atoms with Crippen LogP contribution in [0, 0.1) is 12.8 Å². The molecule has 0 spiro atoms. The molecule has 148 valence electrons. The molecule has 2 aliphatic rings. The average Bonchev–Trinajstić information content (AvgIpc) is 3.07. The van der Waals surface area contributed by atoms with Crippen LogP contribution in [0.2, 0.25) is 0 Å². The predicted molar refractivity (Wildman–Crippen MR) is 109 cm³/mol. The van der Waals surface area contributed by atoms with Crippen molar-refractivity contribution in [2.75, 3.05) is 20.1 Å². The lowest BCUT2D eigenvalue weighted by Crippen LogP contribution is -2.52. The van der Waals surface area contributed by atoms with Gasteiger partial charge in [0, 0.05) is 37.5 Å². The fourth-order valence-electron chi connectivity index (χ4n) is 4.59. The molecule has 0 N–H and O–H groups in total. The number of carbonyl (C=O) groups is 1. The monoisotopic (exact) mass is 398 g/mol. The highest BCUT2D eigenvalue weighted by molar-refractivity contribution is 7.89. The summed E-state index contributed by atoms with van der Waals surface area (Å²) in [6, 6.07) is 16.6. The van der Waals surface area contributed by atoms with E-state index < -0.39 is 10.0 Å². The van der Waals surface area contributed by atoms with Crippen LogP contribution in [0.15, 0.2) is 59.5 Å². The van der Waals surface area contributed by atoms with E-state index in [1.807, 2.05) is 56.4 Å². The maximum Gasteiger partial charge on any atom is 0.243 e. The molecular weight excluding hydrogens is 372 g/mol. The number of hydrogen-bond donors (Lipinski definition) is 0. The van der Waals surface area contributed by atoms with Crippen LogP contribution in [0.25, 0.3) is 0 Å². The van der Waals surface area contributed by atoms with Gasteiger partial charge in [-0.1, -0.05) is 48.0 Å². The fourth-order valence-corrected chi connectivity index (χ4v) is 6.25. The van der Waals surface area contributed by atoms with Gasteiger partial charge >= 0.3 is 0 Å². The van der Waals surface area contributed by atoms with Crippen LogP contribution in [0.3, 0.4) is 0 Å². The van der Waals surface area contributed by atoms with Crippen LogP contribution in [-0.2, 0) is 21.2 Å². The smallest absolute Gasteiger partial charge is 0.243 e. The number of fused-ring (bicyclic) bond motifs is 1. The Labute approximate surface area is 167 Å². The molecule has 0 unspecified atom stereocenters. The third-order valence-corrected chi connectivity index (χ3v) is 8.01. The number of aryl methyl sites for hydroxylation is 1. The van der Waals surface area contributed by atoms with E-state index in [0.717, 1.165) is 11.1 Å². The molecule has 2 aliphatic heterocycles. The fraction of sp³-hybridized carbons (Fsp3) is 0.409. The molecule has 4 rings (SSSR count). The highest BCUT2D eigenvalue weighted by atomic mass is 32.2. The second kappa shape index (κ2) is 7.43. The number of ketones is 1. The van der Waals surface area contributed by atoms with Crippen molar-refractivity contribution < 1.29 is 13.2 Å². The Hall–Kier alpha value is -2.02. The van der Waals surface area contributed by atoms with Crippen molar-refractivity contribution in [1.82, 2.24) is 9.21 Å². The van der Waals surface area contributed by atoms with E-state index >= 15 is 0 Å². The van der Waals surface area contributed by atoms with E-state index in [-0.39, 0.29) is 30.3 Å². The zero-order chi connectivity index (χ0) is 19.9. The summed E-state index contributed by atoms with van der Waals surface area (Å²) in [6.45, 7) is 2.89. The van der Waals surface area contributed by atoms with Gasteiger partial charge in [0.1, 0.15) is 5.78 Å². The Balaban J connectivity index is 1.75. The number of sulfonamides is 1. The van der Waals surface area contributed by atoms with Crippen LogP contribution in [0.4, 0.5) is 0 Å². The first kappa shape index (κ1) is 19.3. The largest absolute Gasteiger partial charge is 0.301 e. The third kappa shape index (κ3) is 3.41. The number of piperidine rings is 1. The Bertz CT molecular complexity index is 957. The maximum absolute atomic E-state index is 13.5. The summed E-state index contributed by atoms with van der Waals surface area (Å²) in [6.07, 6.45) is 1.10. The van der Waals surface area contributed by atoms with E-state index in [4.69, 9.17) is 0 Å². The molecule has 2 aromatic rings. The minimum atomic E-state index is -3.68. The minimum Gasteiger partial charge on any atom is -0.301 e. The third-order valence-electron chi connectivity index (χ3n) is 6.10. The molecule has 0 aliphatic carbocycles. The number of benzene rings is 2. The number of carbonyl (C=O) groups excluding carboxylic acids is 1. The van der Waals surface area contributed by atoms with Crippen LogP contribution >= 0.6 is 0 Å². The van der Waals surface area contributed by atoms with Gasteiger partial charge in [-0.3, -0.25) is 4.79 Å². The van der Waals surface area contributed by atoms with Crippen molar-refractivity contribution in [3.05, 3.63) is 65.7 Å². The van der Waals surface area contributed by atoms with Gasteiger partial charge in [0.05, 0.1) is 4.90 Å². The van der Waals surface area contributed by atoms with E-state index in [0.29, 0.717) is 24.3 Å². The van der Waals surface area contributed by atoms with Gasteiger partial charge in [-0.05, 0) is 38.1 Å². The second-order valence-electron chi connectivity index (χ2n) is 7.94. The van der Waals surface area contributed by atoms with Crippen LogP contribution in [0.5, 0.6) is 0 Å². The lowest BCUT2D eigenvalue weighted by molar-refractivity contribution is -0.127. The van der Waals surface area contributed by atoms with Crippen molar-refractivity contribution in [2.45, 2.75) is 36.7 Å². The molecule has 28 heavy (non-hydrogen) atoms. The number of rotatable bonds is 4. The molecule has 0 radical (unpaired) electrons. The summed E-state index contributed by atoms with van der Waals surface area (Å²) >= 11 is 0. The van der Waals surface area contributed by atoms with Crippen molar-refractivity contribution in [3.8, 4) is 0 Å². The topological polar surface area (TPSA) is 57.7 Å². The molecule has 0 aromatic heterocycles. The minimum absolute atomic E-state index is 0.0818. The first-order valence-electron chi connectivity index (χ1n) is 9.73. The molecule has 5 nitrogen and oxygen atoms in total. The number of likely N-dealkylation sites (N-methyl/N-ethyl adjacent to an activating group) is 1. The normalized spacial score (nSPS) is 26.4. The quantitative estimate of drug-likeness (QED) is 0.794. The Kier molecular flexibility index (Phi) is 5.12. The maximum atomic E-state index is 13.5. The summed E-state index contributed by atoms with van der Waals surface area (Å²) in [5, 5.41) is 0. The molecule has 2 heterocycles. The summed E-state index contributed by atoms with van der Waals surface area (Å²) in [5.74, 6) is -0.0737. The Morgan fingerprint density at radius 1 is 1.04 bits per heavy atom. The average molecular weight is 399 g/mol. The van der Waals surface area contributed by atoms with Crippen molar-refractivity contribution in [1.29, 1.82) is 0 Å². The SMILES string of the molecule is Cc1ccc(S(=O)(=O)N2C[C@H]3C(=O)CCN(C)[C@H]3[C@@H]2Cc2ccccc2)cc1.